The van der Waals surface area contributed by atoms with E-state index < -0.39 is 0 Å². The summed E-state index contributed by atoms with van der Waals surface area (Å²) in [7, 11) is 0. The number of hydrogen-bond acceptors (Lipinski definition) is 2. The molecule has 0 aliphatic carbocycles. The monoisotopic (exact) mass is 552 g/mol. The van der Waals surface area contributed by atoms with Crippen molar-refractivity contribution >= 4 is 64.0 Å². The number of fused-ring (bicyclic) bond motifs is 7. The van der Waals surface area contributed by atoms with Crippen LogP contribution in [0.25, 0.3) is 86.3 Å². The first-order valence-electron chi connectivity index (χ1n) is 14.3. The van der Waals surface area contributed by atoms with Crippen molar-refractivity contribution < 1.29 is 4.42 Å². The summed E-state index contributed by atoms with van der Waals surface area (Å²) in [4.78, 5) is 0. The third kappa shape index (κ3) is 3.43. The Morgan fingerprint density at radius 1 is 0.452 bits per heavy atom. The van der Waals surface area contributed by atoms with Crippen LogP contribution in [0.15, 0.2) is 150 Å². The molecule has 0 radical (unpaired) electrons. The standard InChI is InChI=1S/C40H24OS/c1-3-13-25(14-4-1)34-24-27-23-33(38-32-21-11-12-22-35(32)42-40(38)39(27)41-34)37-30-19-9-7-17-28(30)36(26-15-5-2-6-16-26)29-18-8-10-20-31(29)37/h1-24H. The topological polar surface area (TPSA) is 13.1 Å². The van der Waals surface area contributed by atoms with E-state index in [9.17, 15) is 0 Å². The van der Waals surface area contributed by atoms with Gasteiger partial charge in [0.05, 0.1) is 4.70 Å². The van der Waals surface area contributed by atoms with Crippen LogP contribution in [0.2, 0.25) is 0 Å². The van der Waals surface area contributed by atoms with Crippen LogP contribution in [-0.2, 0) is 0 Å². The number of rotatable bonds is 3. The summed E-state index contributed by atoms with van der Waals surface area (Å²) >= 11 is 1.83. The van der Waals surface area contributed by atoms with Crippen LogP contribution in [0.4, 0.5) is 0 Å². The highest BCUT2D eigenvalue weighted by Crippen LogP contribution is 2.50. The fourth-order valence-corrected chi connectivity index (χ4v) is 7.89. The maximum Gasteiger partial charge on any atom is 0.152 e. The summed E-state index contributed by atoms with van der Waals surface area (Å²) in [6, 6.07) is 52.3. The molecule has 0 saturated carbocycles. The molecule has 2 heteroatoms. The van der Waals surface area contributed by atoms with Crippen molar-refractivity contribution in [1.82, 2.24) is 0 Å². The van der Waals surface area contributed by atoms with E-state index in [0.717, 1.165) is 22.3 Å². The van der Waals surface area contributed by atoms with E-state index in [4.69, 9.17) is 4.42 Å². The Kier molecular flexibility index (Phi) is 5.13. The minimum Gasteiger partial charge on any atom is -0.455 e. The Morgan fingerprint density at radius 2 is 0.976 bits per heavy atom. The number of benzene rings is 7. The first-order chi connectivity index (χ1) is 20.8. The zero-order chi connectivity index (χ0) is 27.6. The molecule has 42 heavy (non-hydrogen) atoms. The summed E-state index contributed by atoms with van der Waals surface area (Å²) in [6.07, 6.45) is 0. The average Bonchev–Trinajstić information content (AvgIpc) is 3.66. The first-order valence-corrected chi connectivity index (χ1v) is 15.1. The molecule has 1 nitrogen and oxygen atoms in total. The third-order valence-corrected chi connectivity index (χ3v) is 9.62. The maximum absolute atomic E-state index is 6.65. The molecule has 0 amide bonds. The van der Waals surface area contributed by atoms with Crippen molar-refractivity contribution in [2.45, 2.75) is 0 Å². The van der Waals surface area contributed by atoms with Gasteiger partial charge in [0.1, 0.15) is 5.76 Å². The molecule has 0 fully saturated rings. The molecule has 7 aromatic carbocycles. The molecule has 9 aromatic rings. The molecule has 0 atom stereocenters. The summed E-state index contributed by atoms with van der Waals surface area (Å²) in [6.45, 7) is 0. The van der Waals surface area contributed by atoms with E-state index in [-0.39, 0.29) is 0 Å². The molecular weight excluding hydrogens is 529 g/mol. The van der Waals surface area contributed by atoms with Gasteiger partial charge in [-0.05, 0) is 62.0 Å². The summed E-state index contributed by atoms with van der Waals surface area (Å²) in [5, 5.41) is 8.72. The van der Waals surface area contributed by atoms with Gasteiger partial charge in [0.15, 0.2) is 5.58 Å². The van der Waals surface area contributed by atoms with Crippen molar-refractivity contribution in [1.29, 1.82) is 0 Å². The lowest BCUT2D eigenvalue weighted by atomic mass is 9.84. The highest BCUT2D eigenvalue weighted by molar-refractivity contribution is 7.26. The maximum atomic E-state index is 6.65. The zero-order valence-electron chi connectivity index (χ0n) is 22.7. The Hall–Kier alpha value is -5.18. The van der Waals surface area contributed by atoms with Gasteiger partial charge >= 0.3 is 0 Å². The Bertz CT molecular complexity index is 2390. The quantitative estimate of drug-likeness (QED) is 0.199. The second-order valence-corrected chi connectivity index (χ2v) is 11.9. The largest absolute Gasteiger partial charge is 0.455 e. The van der Waals surface area contributed by atoms with Crippen molar-refractivity contribution in [3.05, 3.63) is 146 Å². The smallest absolute Gasteiger partial charge is 0.152 e. The Balaban J connectivity index is 1.48. The Morgan fingerprint density at radius 3 is 1.62 bits per heavy atom. The van der Waals surface area contributed by atoms with Gasteiger partial charge in [-0.15, -0.1) is 11.3 Å². The van der Waals surface area contributed by atoms with E-state index in [1.54, 1.807) is 0 Å². The number of furan rings is 1. The molecule has 2 heterocycles. The van der Waals surface area contributed by atoms with Crippen LogP contribution in [0.3, 0.4) is 0 Å². The predicted octanol–water partition coefficient (Wildman–Crippen LogP) is 12.1. The second kappa shape index (κ2) is 9.17. The molecule has 0 spiro atoms. The molecule has 2 aromatic heterocycles. The van der Waals surface area contributed by atoms with Crippen molar-refractivity contribution in [2.75, 3.05) is 0 Å². The SMILES string of the molecule is c1ccc(-c2cc3cc(-c4c5ccccc5c(-c5ccccc5)c5ccccc45)c4c5ccccc5sc4c3o2)cc1. The first kappa shape index (κ1) is 23.5. The summed E-state index contributed by atoms with van der Waals surface area (Å²) in [5.41, 5.74) is 7.10. The van der Waals surface area contributed by atoms with E-state index >= 15 is 0 Å². The third-order valence-electron chi connectivity index (χ3n) is 8.45. The fourth-order valence-electron chi connectivity index (χ4n) is 6.67. The van der Waals surface area contributed by atoms with Crippen LogP contribution in [0.1, 0.15) is 0 Å². The van der Waals surface area contributed by atoms with Gasteiger partial charge in [-0.1, -0.05) is 127 Å². The lowest BCUT2D eigenvalue weighted by molar-refractivity contribution is 0.635. The minimum absolute atomic E-state index is 0.899. The highest BCUT2D eigenvalue weighted by Gasteiger charge is 2.22. The Labute approximate surface area is 246 Å². The lowest BCUT2D eigenvalue weighted by Crippen LogP contribution is -1.91. The van der Waals surface area contributed by atoms with Gasteiger partial charge in [-0.3, -0.25) is 0 Å². The fraction of sp³-hybridized carbons (Fsp3) is 0. The molecule has 0 bridgehead atoms. The average molecular weight is 553 g/mol. The summed E-state index contributed by atoms with van der Waals surface area (Å²) < 4.78 is 9.12. The predicted molar refractivity (Wildman–Crippen MR) is 180 cm³/mol. The molecule has 0 N–H and O–H groups in total. The number of hydrogen-bond donors (Lipinski definition) is 0. The van der Waals surface area contributed by atoms with Crippen molar-refractivity contribution in [2.24, 2.45) is 0 Å². The second-order valence-electron chi connectivity index (χ2n) is 10.8. The van der Waals surface area contributed by atoms with Crippen molar-refractivity contribution in [3.63, 3.8) is 0 Å². The summed E-state index contributed by atoms with van der Waals surface area (Å²) in [5.74, 6) is 0.899. The van der Waals surface area contributed by atoms with Crippen LogP contribution in [0.5, 0.6) is 0 Å². The lowest BCUT2D eigenvalue weighted by Gasteiger charge is -2.18. The van der Waals surface area contributed by atoms with Crippen LogP contribution >= 0.6 is 11.3 Å². The van der Waals surface area contributed by atoms with Gasteiger partial charge in [0, 0.05) is 26.4 Å². The van der Waals surface area contributed by atoms with E-state index in [1.807, 2.05) is 17.4 Å². The van der Waals surface area contributed by atoms with Crippen LogP contribution in [0, 0.1) is 0 Å². The number of thiophene rings is 1. The van der Waals surface area contributed by atoms with Gasteiger partial charge in [-0.2, -0.15) is 0 Å². The van der Waals surface area contributed by atoms with E-state index in [0.29, 0.717) is 0 Å². The van der Waals surface area contributed by atoms with Crippen LogP contribution in [-0.4, -0.2) is 0 Å². The van der Waals surface area contributed by atoms with E-state index in [1.165, 1.54) is 64.0 Å². The molecule has 0 unspecified atom stereocenters. The molecule has 9 rings (SSSR count). The molecule has 0 aliphatic rings. The molecule has 0 aliphatic heterocycles. The molecule has 196 valence electrons. The molecule has 0 saturated heterocycles. The van der Waals surface area contributed by atoms with Crippen LogP contribution < -0.4 is 0 Å². The van der Waals surface area contributed by atoms with Crippen molar-refractivity contribution in [3.8, 4) is 33.6 Å². The van der Waals surface area contributed by atoms with E-state index in [2.05, 4.69) is 140 Å². The minimum atomic E-state index is 0.899. The van der Waals surface area contributed by atoms with Gasteiger partial charge < -0.3 is 4.42 Å². The van der Waals surface area contributed by atoms with Gasteiger partial charge in [-0.25, -0.2) is 0 Å². The zero-order valence-corrected chi connectivity index (χ0v) is 23.5. The normalized spacial score (nSPS) is 11.8. The van der Waals surface area contributed by atoms with Gasteiger partial charge in [0.25, 0.3) is 0 Å². The molecular formula is C40H24OS. The van der Waals surface area contributed by atoms with Gasteiger partial charge in [0.2, 0.25) is 0 Å². The highest BCUT2D eigenvalue weighted by atomic mass is 32.1.